The first kappa shape index (κ1) is 19.2. The van der Waals surface area contributed by atoms with Crippen LogP contribution < -0.4 is 10.1 Å². The molecule has 4 nitrogen and oxygen atoms in total. The summed E-state index contributed by atoms with van der Waals surface area (Å²) in [5.41, 5.74) is 1.79. The Morgan fingerprint density at radius 3 is 2.30 bits per heavy atom. The molecule has 0 heterocycles. The van der Waals surface area contributed by atoms with Gasteiger partial charge in [0, 0.05) is 5.56 Å². The molecule has 0 aliphatic heterocycles. The molecule has 1 fully saturated rings. The molecule has 1 aliphatic rings. The normalized spacial score (nSPS) is 15.7. The minimum absolute atomic E-state index is 0.0116. The Kier molecular flexibility index (Phi) is 6.64. The molecule has 1 saturated carbocycles. The molecule has 2 aromatic carbocycles. The minimum atomic E-state index is -0.120. The summed E-state index contributed by atoms with van der Waals surface area (Å²) in [5.74, 6) is 0.951. The molecule has 1 atom stereocenters. The van der Waals surface area contributed by atoms with Gasteiger partial charge in [0.1, 0.15) is 5.75 Å². The van der Waals surface area contributed by atoms with Crippen molar-refractivity contribution >= 4 is 11.7 Å². The first-order chi connectivity index (χ1) is 13.1. The highest BCUT2D eigenvalue weighted by atomic mass is 16.5. The average molecular weight is 365 g/mol. The van der Waals surface area contributed by atoms with Crippen molar-refractivity contribution < 1.29 is 14.3 Å². The third-order valence-corrected chi connectivity index (χ3v) is 5.23. The zero-order valence-corrected chi connectivity index (χ0v) is 15.8. The lowest BCUT2D eigenvalue weighted by Gasteiger charge is -2.31. The van der Waals surface area contributed by atoms with Crippen LogP contribution in [0.4, 0.5) is 0 Å². The number of amides is 1. The predicted molar refractivity (Wildman–Crippen MR) is 106 cm³/mol. The molecule has 0 aromatic heterocycles. The molecule has 3 rings (SSSR count). The fourth-order valence-electron chi connectivity index (χ4n) is 3.75. The smallest absolute Gasteiger partial charge is 0.258 e. The molecule has 1 unspecified atom stereocenters. The first-order valence-corrected chi connectivity index (χ1v) is 9.71. The standard InChI is InChI=1S/C23H27NO3/c1-17(25)18-12-14-21(15-13-18)27-16-22(26)24-23(19-8-4-2-5-9-19)20-10-6-3-7-11-20/h2,4-5,8-9,12-15,20,23H,3,6-7,10-11,16H2,1H3,(H,24,26). The Labute approximate surface area is 160 Å². The van der Waals surface area contributed by atoms with Crippen LogP contribution in [0.25, 0.3) is 0 Å². The van der Waals surface area contributed by atoms with E-state index >= 15 is 0 Å². The van der Waals surface area contributed by atoms with Gasteiger partial charge in [-0.1, -0.05) is 49.6 Å². The van der Waals surface area contributed by atoms with Gasteiger partial charge >= 0.3 is 0 Å². The SMILES string of the molecule is CC(=O)c1ccc(OCC(=O)NC(c2ccccc2)C2CCCCC2)cc1. The van der Waals surface area contributed by atoms with E-state index in [1.54, 1.807) is 24.3 Å². The number of benzene rings is 2. The maximum absolute atomic E-state index is 12.5. The summed E-state index contributed by atoms with van der Waals surface area (Å²) in [7, 11) is 0. The van der Waals surface area contributed by atoms with Gasteiger partial charge in [0.05, 0.1) is 6.04 Å². The summed E-state index contributed by atoms with van der Waals surface area (Å²) >= 11 is 0. The second kappa shape index (κ2) is 9.36. The van der Waals surface area contributed by atoms with E-state index < -0.39 is 0 Å². The van der Waals surface area contributed by atoms with E-state index in [0.29, 0.717) is 17.2 Å². The molecule has 2 aromatic rings. The van der Waals surface area contributed by atoms with Crippen LogP contribution in [0.1, 0.15) is 61.0 Å². The van der Waals surface area contributed by atoms with E-state index in [9.17, 15) is 9.59 Å². The number of Topliss-reactive ketones (excluding diaryl/α,β-unsaturated/α-hetero) is 1. The second-order valence-electron chi connectivity index (χ2n) is 7.22. The maximum atomic E-state index is 12.5. The van der Waals surface area contributed by atoms with Crippen molar-refractivity contribution in [2.24, 2.45) is 5.92 Å². The third kappa shape index (κ3) is 5.43. The number of ketones is 1. The summed E-state index contributed by atoms with van der Waals surface area (Å²) in [6.45, 7) is 1.49. The van der Waals surface area contributed by atoms with Crippen LogP contribution in [0.3, 0.4) is 0 Å². The van der Waals surface area contributed by atoms with Gasteiger partial charge in [0.2, 0.25) is 0 Å². The van der Waals surface area contributed by atoms with E-state index in [0.717, 1.165) is 18.4 Å². The van der Waals surface area contributed by atoms with Gasteiger partial charge in [-0.25, -0.2) is 0 Å². The lowest BCUT2D eigenvalue weighted by Crippen LogP contribution is -2.37. The van der Waals surface area contributed by atoms with Crippen LogP contribution >= 0.6 is 0 Å². The number of hydrogen-bond acceptors (Lipinski definition) is 3. The third-order valence-electron chi connectivity index (χ3n) is 5.23. The summed E-state index contributed by atoms with van der Waals surface area (Å²) < 4.78 is 5.60. The fraction of sp³-hybridized carbons (Fsp3) is 0.391. The van der Waals surface area contributed by atoms with Crippen LogP contribution in [0, 0.1) is 5.92 Å². The van der Waals surface area contributed by atoms with Crippen molar-refractivity contribution in [1.29, 1.82) is 0 Å². The molecule has 1 N–H and O–H groups in total. The van der Waals surface area contributed by atoms with Crippen molar-refractivity contribution in [3.8, 4) is 5.75 Å². The van der Waals surface area contributed by atoms with E-state index in [-0.39, 0.29) is 24.3 Å². The van der Waals surface area contributed by atoms with Gasteiger partial charge in [-0.05, 0) is 55.5 Å². The Balaban J connectivity index is 1.61. The molecule has 1 aliphatic carbocycles. The molecule has 0 bridgehead atoms. The number of rotatable bonds is 7. The van der Waals surface area contributed by atoms with Crippen LogP contribution in [0.2, 0.25) is 0 Å². The fourth-order valence-corrected chi connectivity index (χ4v) is 3.75. The zero-order valence-electron chi connectivity index (χ0n) is 15.8. The molecule has 4 heteroatoms. The van der Waals surface area contributed by atoms with Gasteiger partial charge < -0.3 is 10.1 Å². The highest BCUT2D eigenvalue weighted by Gasteiger charge is 2.26. The number of hydrogen-bond donors (Lipinski definition) is 1. The van der Waals surface area contributed by atoms with E-state index in [2.05, 4.69) is 17.4 Å². The van der Waals surface area contributed by atoms with Crippen molar-refractivity contribution in [3.63, 3.8) is 0 Å². The topological polar surface area (TPSA) is 55.4 Å². The predicted octanol–water partition coefficient (Wildman–Crippen LogP) is 4.71. The Morgan fingerprint density at radius 1 is 1.00 bits per heavy atom. The molecular weight excluding hydrogens is 338 g/mol. The van der Waals surface area contributed by atoms with Gasteiger partial charge in [-0.3, -0.25) is 9.59 Å². The molecule has 142 valence electrons. The first-order valence-electron chi connectivity index (χ1n) is 9.71. The number of carbonyl (C=O) groups is 2. The van der Waals surface area contributed by atoms with Crippen molar-refractivity contribution in [3.05, 3.63) is 65.7 Å². The quantitative estimate of drug-likeness (QED) is 0.723. The van der Waals surface area contributed by atoms with Crippen LogP contribution in [-0.4, -0.2) is 18.3 Å². The largest absolute Gasteiger partial charge is 0.484 e. The van der Waals surface area contributed by atoms with Gasteiger partial charge in [0.15, 0.2) is 12.4 Å². The molecule has 0 radical (unpaired) electrons. The molecule has 0 spiro atoms. The van der Waals surface area contributed by atoms with Crippen LogP contribution in [0.15, 0.2) is 54.6 Å². The summed E-state index contributed by atoms with van der Waals surface area (Å²) in [6.07, 6.45) is 6.03. The van der Waals surface area contributed by atoms with Crippen molar-refractivity contribution in [2.75, 3.05) is 6.61 Å². The van der Waals surface area contributed by atoms with Crippen LogP contribution in [0.5, 0.6) is 5.75 Å². The molecule has 1 amide bonds. The lowest BCUT2D eigenvalue weighted by atomic mass is 9.81. The summed E-state index contributed by atoms with van der Waals surface area (Å²) in [4.78, 5) is 23.9. The number of ether oxygens (including phenoxy) is 1. The molecule has 0 saturated heterocycles. The minimum Gasteiger partial charge on any atom is -0.484 e. The molecule has 27 heavy (non-hydrogen) atoms. The monoisotopic (exact) mass is 365 g/mol. The van der Waals surface area contributed by atoms with Gasteiger partial charge in [0.25, 0.3) is 5.91 Å². The van der Waals surface area contributed by atoms with Crippen molar-refractivity contribution in [2.45, 2.75) is 45.1 Å². The highest BCUT2D eigenvalue weighted by Crippen LogP contribution is 2.34. The van der Waals surface area contributed by atoms with E-state index in [1.807, 2.05) is 18.2 Å². The van der Waals surface area contributed by atoms with Gasteiger partial charge in [-0.15, -0.1) is 0 Å². The Morgan fingerprint density at radius 2 is 1.67 bits per heavy atom. The summed E-state index contributed by atoms with van der Waals surface area (Å²) in [6, 6.07) is 17.1. The molecular formula is C23H27NO3. The Hall–Kier alpha value is -2.62. The van der Waals surface area contributed by atoms with Gasteiger partial charge in [-0.2, -0.15) is 0 Å². The highest BCUT2D eigenvalue weighted by molar-refractivity contribution is 5.94. The van der Waals surface area contributed by atoms with Crippen molar-refractivity contribution in [1.82, 2.24) is 5.32 Å². The number of nitrogens with one attached hydrogen (secondary N) is 1. The van der Waals surface area contributed by atoms with E-state index in [1.165, 1.54) is 26.2 Å². The lowest BCUT2D eigenvalue weighted by molar-refractivity contribution is -0.124. The Bertz CT molecular complexity index is 749. The summed E-state index contributed by atoms with van der Waals surface area (Å²) in [5, 5.41) is 3.18. The second-order valence-corrected chi connectivity index (χ2v) is 7.22. The maximum Gasteiger partial charge on any atom is 0.258 e. The average Bonchev–Trinajstić information content (AvgIpc) is 2.72. The van der Waals surface area contributed by atoms with E-state index in [4.69, 9.17) is 4.74 Å². The van der Waals surface area contributed by atoms with Crippen LogP contribution in [-0.2, 0) is 4.79 Å². The number of carbonyl (C=O) groups excluding carboxylic acids is 2. The zero-order chi connectivity index (χ0) is 19.1.